The van der Waals surface area contributed by atoms with Crippen LogP contribution < -0.4 is 0 Å². The lowest BCUT2D eigenvalue weighted by Crippen LogP contribution is -1.87. The number of rotatable bonds is 0. The number of hydrogen-bond donors (Lipinski definition) is 0. The molecule has 2 rings (SSSR count). The summed E-state index contributed by atoms with van der Waals surface area (Å²) in [4.78, 5) is 8.37. The summed E-state index contributed by atoms with van der Waals surface area (Å²) >= 11 is 9.33. The predicted molar refractivity (Wildman–Crippen MR) is 57.0 cm³/mol. The maximum atomic E-state index is 5.91. The third-order valence-corrected chi connectivity index (χ3v) is 3.23. The zero-order chi connectivity index (χ0) is 9.42. The summed E-state index contributed by atoms with van der Waals surface area (Å²) in [6.45, 7) is 1.93. The normalized spacial score (nSPS) is 10.7. The molecule has 0 saturated carbocycles. The molecule has 0 aliphatic rings. The Kier molecular flexibility index (Phi) is 2.22. The van der Waals surface area contributed by atoms with Crippen molar-refractivity contribution in [2.24, 2.45) is 0 Å². The predicted octanol–water partition coefficient (Wildman–Crippen LogP) is 3.35. The molecule has 13 heavy (non-hydrogen) atoms. The van der Waals surface area contributed by atoms with Gasteiger partial charge >= 0.3 is 0 Å². The van der Waals surface area contributed by atoms with E-state index in [9.17, 15) is 0 Å². The molecule has 0 saturated heterocycles. The van der Waals surface area contributed by atoms with Gasteiger partial charge in [-0.15, -0.1) is 0 Å². The van der Waals surface area contributed by atoms with E-state index in [1.54, 1.807) is 12.4 Å². The van der Waals surface area contributed by atoms with Crippen LogP contribution in [0.15, 0.2) is 22.9 Å². The van der Waals surface area contributed by atoms with Crippen LogP contribution in [0, 0.1) is 6.92 Å². The summed E-state index contributed by atoms with van der Waals surface area (Å²) in [6.07, 6.45) is 3.38. The van der Waals surface area contributed by atoms with Crippen LogP contribution in [0.5, 0.6) is 0 Å². The van der Waals surface area contributed by atoms with E-state index >= 15 is 0 Å². The van der Waals surface area contributed by atoms with Gasteiger partial charge in [0.15, 0.2) is 0 Å². The quantitative estimate of drug-likeness (QED) is 0.723. The van der Waals surface area contributed by atoms with Gasteiger partial charge in [0.25, 0.3) is 0 Å². The molecule has 2 aromatic rings. The number of aryl methyl sites for hydroxylation is 1. The second-order valence-electron chi connectivity index (χ2n) is 2.71. The summed E-state index contributed by atoms with van der Waals surface area (Å²) in [5, 5.41) is 1.62. The highest BCUT2D eigenvalue weighted by molar-refractivity contribution is 9.10. The molecule has 0 N–H and O–H groups in total. The monoisotopic (exact) mass is 256 g/mol. The average molecular weight is 258 g/mol. The van der Waals surface area contributed by atoms with Gasteiger partial charge in [-0.2, -0.15) is 0 Å². The smallest absolute Gasteiger partial charge is 0.0926 e. The molecule has 0 aliphatic heterocycles. The first-order valence-corrected chi connectivity index (χ1v) is 4.92. The largest absolute Gasteiger partial charge is 0.259 e. The minimum Gasteiger partial charge on any atom is -0.259 e. The van der Waals surface area contributed by atoms with Gasteiger partial charge < -0.3 is 0 Å². The lowest BCUT2D eigenvalue weighted by atomic mass is 10.2. The van der Waals surface area contributed by atoms with E-state index in [1.807, 2.05) is 13.0 Å². The molecule has 0 aliphatic carbocycles. The SMILES string of the molecule is Cc1nccc2c(Br)c(Cl)cnc12. The van der Waals surface area contributed by atoms with Gasteiger partial charge in [0.1, 0.15) is 0 Å². The first kappa shape index (κ1) is 8.91. The third-order valence-electron chi connectivity index (χ3n) is 1.86. The van der Waals surface area contributed by atoms with E-state index in [4.69, 9.17) is 11.6 Å². The first-order valence-electron chi connectivity index (χ1n) is 3.75. The van der Waals surface area contributed by atoms with Crippen molar-refractivity contribution >= 4 is 38.4 Å². The molecule has 2 heterocycles. The van der Waals surface area contributed by atoms with Gasteiger partial charge in [0.05, 0.1) is 16.2 Å². The van der Waals surface area contributed by atoms with Gasteiger partial charge in [-0.1, -0.05) is 11.6 Å². The summed E-state index contributed by atoms with van der Waals surface area (Å²) in [5.74, 6) is 0. The summed E-state index contributed by atoms with van der Waals surface area (Å²) in [7, 11) is 0. The van der Waals surface area contributed by atoms with Crippen molar-refractivity contribution in [1.29, 1.82) is 0 Å². The van der Waals surface area contributed by atoms with Crippen LogP contribution in [-0.2, 0) is 0 Å². The highest BCUT2D eigenvalue weighted by Crippen LogP contribution is 2.29. The second kappa shape index (κ2) is 3.24. The molecule has 66 valence electrons. The van der Waals surface area contributed by atoms with Crippen molar-refractivity contribution in [3.05, 3.63) is 33.6 Å². The Morgan fingerprint density at radius 2 is 2.15 bits per heavy atom. The van der Waals surface area contributed by atoms with Crippen LogP contribution >= 0.6 is 27.5 Å². The van der Waals surface area contributed by atoms with Crippen molar-refractivity contribution in [3.8, 4) is 0 Å². The van der Waals surface area contributed by atoms with E-state index < -0.39 is 0 Å². The van der Waals surface area contributed by atoms with Gasteiger partial charge in [0, 0.05) is 22.3 Å². The Morgan fingerprint density at radius 1 is 1.38 bits per heavy atom. The summed E-state index contributed by atoms with van der Waals surface area (Å²) < 4.78 is 0.879. The molecule has 4 heteroatoms. The van der Waals surface area contributed by atoms with E-state index in [0.29, 0.717) is 5.02 Å². The minimum atomic E-state index is 0.623. The zero-order valence-corrected chi connectivity index (χ0v) is 9.22. The molecule has 0 atom stereocenters. The highest BCUT2D eigenvalue weighted by atomic mass is 79.9. The Hall–Kier alpha value is -0.670. The second-order valence-corrected chi connectivity index (χ2v) is 3.91. The van der Waals surface area contributed by atoms with Gasteiger partial charge in [-0.3, -0.25) is 9.97 Å². The van der Waals surface area contributed by atoms with Crippen LogP contribution in [0.1, 0.15) is 5.69 Å². The Bertz CT molecular complexity index is 470. The van der Waals surface area contributed by atoms with Crippen molar-refractivity contribution < 1.29 is 0 Å². The lowest BCUT2D eigenvalue weighted by molar-refractivity contribution is 1.20. The maximum Gasteiger partial charge on any atom is 0.0926 e. The van der Waals surface area contributed by atoms with Crippen molar-refractivity contribution in [1.82, 2.24) is 9.97 Å². The van der Waals surface area contributed by atoms with Crippen LogP contribution in [0.4, 0.5) is 0 Å². The number of aromatic nitrogens is 2. The number of fused-ring (bicyclic) bond motifs is 1. The summed E-state index contributed by atoms with van der Waals surface area (Å²) in [6, 6.07) is 1.89. The lowest BCUT2D eigenvalue weighted by Gasteiger charge is -2.02. The fraction of sp³-hybridized carbons (Fsp3) is 0.111. The number of hydrogen-bond acceptors (Lipinski definition) is 2. The Balaban J connectivity index is 2.94. The number of halogens is 2. The molecule has 0 radical (unpaired) electrons. The maximum absolute atomic E-state index is 5.91. The van der Waals surface area contributed by atoms with Crippen LogP contribution in [0.3, 0.4) is 0 Å². The standard InChI is InChI=1S/C9H6BrClN2/c1-5-9-6(2-3-12-5)8(10)7(11)4-13-9/h2-4H,1H3. The summed E-state index contributed by atoms with van der Waals surface area (Å²) in [5.41, 5.74) is 1.80. The Labute approximate surface area is 89.1 Å². The van der Waals surface area contributed by atoms with Crippen LogP contribution in [-0.4, -0.2) is 9.97 Å². The third kappa shape index (κ3) is 1.42. The molecule has 0 unspecified atom stereocenters. The molecule has 2 aromatic heterocycles. The molecule has 2 nitrogen and oxygen atoms in total. The minimum absolute atomic E-state index is 0.623. The molecule has 0 aromatic carbocycles. The van der Waals surface area contributed by atoms with Gasteiger partial charge in [-0.05, 0) is 28.9 Å². The van der Waals surface area contributed by atoms with Crippen molar-refractivity contribution in [2.75, 3.05) is 0 Å². The topological polar surface area (TPSA) is 25.8 Å². The zero-order valence-electron chi connectivity index (χ0n) is 6.88. The molecule has 0 amide bonds. The van der Waals surface area contributed by atoms with E-state index in [-0.39, 0.29) is 0 Å². The van der Waals surface area contributed by atoms with Gasteiger partial charge in [0.2, 0.25) is 0 Å². The molecule has 0 fully saturated rings. The highest BCUT2D eigenvalue weighted by Gasteiger charge is 2.05. The molecular weight excluding hydrogens is 251 g/mol. The fourth-order valence-corrected chi connectivity index (χ4v) is 1.78. The van der Waals surface area contributed by atoms with Gasteiger partial charge in [-0.25, -0.2) is 0 Å². The number of pyridine rings is 2. The van der Waals surface area contributed by atoms with Crippen LogP contribution in [0.2, 0.25) is 5.02 Å². The van der Waals surface area contributed by atoms with E-state index in [2.05, 4.69) is 25.9 Å². The van der Waals surface area contributed by atoms with E-state index in [1.165, 1.54) is 0 Å². The molecule has 0 bridgehead atoms. The molecule has 0 spiro atoms. The first-order chi connectivity index (χ1) is 6.20. The Morgan fingerprint density at radius 3 is 2.92 bits per heavy atom. The van der Waals surface area contributed by atoms with E-state index in [0.717, 1.165) is 21.1 Å². The average Bonchev–Trinajstić information content (AvgIpc) is 2.12. The molecular formula is C9H6BrClN2. The van der Waals surface area contributed by atoms with Crippen LogP contribution in [0.25, 0.3) is 10.9 Å². The van der Waals surface area contributed by atoms with Crippen molar-refractivity contribution in [2.45, 2.75) is 6.92 Å². The fourth-order valence-electron chi connectivity index (χ4n) is 1.21. The van der Waals surface area contributed by atoms with Crippen molar-refractivity contribution in [3.63, 3.8) is 0 Å². The number of nitrogens with zero attached hydrogens (tertiary/aromatic N) is 2.